The largest absolute Gasteiger partial charge is 0.314 e. The van der Waals surface area contributed by atoms with E-state index in [-0.39, 0.29) is 0 Å². The van der Waals surface area contributed by atoms with Crippen LogP contribution in [0.2, 0.25) is 0 Å². The first-order chi connectivity index (χ1) is 8.92. The van der Waals surface area contributed by atoms with E-state index < -0.39 is 0 Å². The summed E-state index contributed by atoms with van der Waals surface area (Å²) in [6.07, 6.45) is 9.56. The Morgan fingerprint density at radius 1 is 1.06 bits per heavy atom. The van der Waals surface area contributed by atoms with E-state index in [1.54, 1.807) is 0 Å². The molecule has 3 nitrogen and oxygen atoms in total. The number of rotatable bonds is 5. The van der Waals surface area contributed by atoms with Crippen LogP contribution in [-0.4, -0.2) is 22.8 Å². The van der Waals surface area contributed by atoms with Crippen LogP contribution >= 0.6 is 11.3 Å². The molecule has 2 unspecified atom stereocenters. The Hall–Kier alpha value is -0.480. The van der Waals surface area contributed by atoms with E-state index in [4.69, 9.17) is 0 Å². The van der Waals surface area contributed by atoms with E-state index in [0.717, 1.165) is 36.8 Å². The van der Waals surface area contributed by atoms with Gasteiger partial charge in [0.2, 0.25) is 0 Å². The van der Waals surface area contributed by atoms with Crippen molar-refractivity contribution in [2.24, 2.45) is 11.8 Å². The molecule has 1 heterocycles. The van der Waals surface area contributed by atoms with Gasteiger partial charge in [-0.2, -0.15) is 0 Å². The molecule has 3 saturated carbocycles. The Morgan fingerprint density at radius 3 is 2.56 bits per heavy atom. The lowest BCUT2D eigenvalue weighted by Crippen LogP contribution is -2.19. The molecule has 3 aliphatic rings. The second kappa shape index (κ2) is 4.57. The van der Waals surface area contributed by atoms with Crippen molar-refractivity contribution in [3.05, 3.63) is 10.0 Å². The van der Waals surface area contributed by atoms with Crippen LogP contribution in [0.4, 0.5) is 0 Å². The van der Waals surface area contributed by atoms with Crippen molar-refractivity contribution in [1.29, 1.82) is 0 Å². The van der Waals surface area contributed by atoms with Crippen LogP contribution in [0, 0.1) is 11.8 Å². The summed E-state index contributed by atoms with van der Waals surface area (Å²) in [5, 5.41) is 15.0. The number of hydrogen-bond donors (Lipinski definition) is 1. The third-order valence-corrected chi connectivity index (χ3v) is 5.86. The Kier molecular flexibility index (Phi) is 2.88. The summed E-state index contributed by atoms with van der Waals surface area (Å²) in [7, 11) is 0. The molecule has 1 aromatic rings. The van der Waals surface area contributed by atoms with Crippen LogP contribution in [0.3, 0.4) is 0 Å². The van der Waals surface area contributed by atoms with Gasteiger partial charge in [0.05, 0.1) is 0 Å². The maximum absolute atomic E-state index is 4.46. The zero-order chi connectivity index (χ0) is 11.9. The fraction of sp³-hybridized carbons (Fsp3) is 0.857. The lowest BCUT2D eigenvalue weighted by Gasteiger charge is -2.04. The molecule has 4 rings (SSSR count). The molecule has 4 heteroatoms. The van der Waals surface area contributed by atoms with Gasteiger partial charge in [0, 0.05) is 24.9 Å². The van der Waals surface area contributed by atoms with Gasteiger partial charge < -0.3 is 5.32 Å². The van der Waals surface area contributed by atoms with Crippen molar-refractivity contribution in [2.45, 2.75) is 56.9 Å². The molecule has 0 aromatic carbocycles. The molecule has 0 aliphatic heterocycles. The van der Waals surface area contributed by atoms with E-state index in [1.807, 2.05) is 11.3 Å². The Balaban J connectivity index is 1.33. The Labute approximate surface area is 112 Å². The van der Waals surface area contributed by atoms with Gasteiger partial charge in [-0.25, -0.2) is 0 Å². The predicted octanol–water partition coefficient (Wildman–Crippen LogP) is 2.74. The van der Waals surface area contributed by atoms with Crippen molar-refractivity contribution in [3.63, 3.8) is 0 Å². The van der Waals surface area contributed by atoms with Crippen molar-refractivity contribution in [3.8, 4) is 0 Å². The normalized spacial score (nSPS) is 34.3. The molecule has 0 bridgehead atoms. The van der Waals surface area contributed by atoms with Crippen LogP contribution in [0.1, 0.15) is 54.5 Å². The van der Waals surface area contributed by atoms with Crippen LogP contribution in [0.15, 0.2) is 0 Å². The van der Waals surface area contributed by atoms with Crippen LogP contribution < -0.4 is 5.32 Å². The summed E-state index contributed by atoms with van der Waals surface area (Å²) in [4.78, 5) is 0. The third-order valence-electron chi connectivity index (χ3n) is 4.77. The van der Waals surface area contributed by atoms with Gasteiger partial charge >= 0.3 is 0 Å². The van der Waals surface area contributed by atoms with Gasteiger partial charge in [0.25, 0.3) is 0 Å². The minimum Gasteiger partial charge on any atom is -0.314 e. The van der Waals surface area contributed by atoms with E-state index in [0.29, 0.717) is 0 Å². The van der Waals surface area contributed by atoms with Crippen molar-refractivity contribution >= 4 is 11.3 Å². The second-order valence-electron chi connectivity index (χ2n) is 6.15. The minimum absolute atomic E-state index is 0.787. The first-order valence-electron chi connectivity index (χ1n) is 7.47. The predicted molar refractivity (Wildman–Crippen MR) is 72.8 cm³/mol. The van der Waals surface area contributed by atoms with Gasteiger partial charge in [-0.3, -0.25) is 0 Å². The highest BCUT2D eigenvalue weighted by atomic mass is 32.1. The molecule has 3 aliphatic carbocycles. The zero-order valence-corrected chi connectivity index (χ0v) is 11.6. The van der Waals surface area contributed by atoms with Gasteiger partial charge in [0.1, 0.15) is 10.0 Å². The topological polar surface area (TPSA) is 37.8 Å². The monoisotopic (exact) mass is 263 g/mol. The molecular weight excluding hydrogens is 242 g/mol. The van der Waals surface area contributed by atoms with Crippen molar-refractivity contribution in [1.82, 2.24) is 15.5 Å². The number of nitrogens with one attached hydrogen (secondary N) is 1. The number of aromatic nitrogens is 2. The number of nitrogens with zero attached hydrogens (tertiary/aromatic N) is 2. The molecule has 1 N–H and O–H groups in total. The smallest absolute Gasteiger partial charge is 0.121 e. The lowest BCUT2D eigenvalue weighted by atomic mass is 10.0. The first-order valence-corrected chi connectivity index (χ1v) is 8.29. The molecular formula is C14H21N3S. The molecule has 98 valence electrons. The lowest BCUT2D eigenvalue weighted by molar-refractivity contribution is 0.480. The molecule has 2 atom stereocenters. The number of fused-ring (bicyclic) bond motifs is 1. The van der Waals surface area contributed by atoms with Crippen LogP contribution in [-0.2, 0) is 6.42 Å². The highest BCUT2D eigenvalue weighted by molar-refractivity contribution is 7.11. The summed E-state index contributed by atoms with van der Waals surface area (Å²) in [6, 6.07) is 0.809. The number of hydrogen-bond acceptors (Lipinski definition) is 4. The van der Waals surface area contributed by atoms with E-state index in [1.165, 1.54) is 48.5 Å². The molecule has 0 spiro atoms. The summed E-state index contributed by atoms with van der Waals surface area (Å²) < 4.78 is 0. The first kappa shape index (κ1) is 11.4. The molecule has 3 fully saturated rings. The zero-order valence-electron chi connectivity index (χ0n) is 10.8. The highest BCUT2D eigenvalue weighted by Gasteiger charge is 2.53. The highest BCUT2D eigenvalue weighted by Crippen LogP contribution is 2.61. The van der Waals surface area contributed by atoms with Gasteiger partial charge in [-0.15, -0.1) is 21.5 Å². The molecule has 0 saturated heterocycles. The summed E-state index contributed by atoms with van der Waals surface area (Å²) in [6.45, 7) is 1.08. The van der Waals surface area contributed by atoms with E-state index in [9.17, 15) is 0 Å². The quantitative estimate of drug-likeness (QED) is 0.887. The average molecular weight is 263 g/mol. The van der Waals surface area contributed by atoms with Crippen LogP contribution in [0.25, 0.3) is 0 Å². The standard InChI is InChI=1S/C14H21N3S/c1-2-4-11-10(3-1)13(11)14-17-16-12(18-14)7-8-15-9-5-6-9/h9-11,13,15H,1-8H2. The van der Waals surface area contributed by atoms with Gasteiger partial charge in [0.15, 0.2) is 0 Å². The maximum atomic E-state index is 4.46. The molecule has 1 aromatic heterocycles. The third kappa shape index (κ3) is 2.21. The van der Waals surface area contributed by atoms with E-state index in [2.05, 4.69) is 15.5 Å². The van der Waals surface area contributed by atoms with E-state index >= 15 is 0 Å². The minimum atomic E-state index is 0.787. The Morgan fingerprint density at radius 2 is 1.83 bits per heavy atom. The fourth-order valence-corrected chi connectivity index (χ4v) is 4.63. The fourth-order valence-electron chi connectivity index (χ4n) is 3.53. The molecule has 18 heavy (non-hydrogen) atoms. The van der Waals surface area contributed by atoms with Gasteiger partial charge in [-0.1, -0.05) is 12.8 Å². The summed E-state index contributed by atoms with van der Waals surface area (Å²) >= 11 is 1.88. The second-order valence-corrected chi connectivity index (χ2v) is 7.24. The SMILES string of the molecule is C1CCC2C(C1)C2c1nnc(CCNC2CC2)s1. The summed E-state index contributed by atoms with van der Waals surface area (Å²) in [5.41, 5.74) is 0. The maximum Gasteiger partial charge on any atom is 0.121 e. The summed E-state index contributed by atoms with van der Waals surface area (Å²) in [5.74, 6) is 2.71. The van der Waals surface area contributed by atoms with Crippen molar-refractivity contribution in [2.75, 3.05) is 6.54 Å². The average Bonchev–Trinajstić information content (AvgIpc) is 3.29. The molecule has 0 radical (unpaired) electrons. The van der Waals surface area contributed by atoms with Gasteiger partial charge in [-0.05, 0) is 37.5 Å². The Bertz CT molecular complexity index is 414. The van der Waals surface area contributed by atoms with Crippen LogP contribution in [0.5, 0.6) is 0 Å². The molecule has 0 amide bonds. The van der Waals surface area contributed by atoms with Crippen molar-refractivity contribution < 1.29 is 0 Å².